The van der Waals surface area contributed by atoms with E-state index in [4.69, 9.17) is 4.74 Å². The third-order valence-electron chi connectivity index (χ3n) is 6.13. The molecule has 31 heavy (non-hydrogen) atoms. The van der Waals surface area contributed by atoms with E-state index in [-0.39, 0.29) is 24.0 Å². The second-order valence-corrected chi connectivity index (χ2v) is 7.99. The van der Waals surface area contributed by atoms with Crippen molar-refractivity contribution in [2.24, 2.45) is 10.9 Å². The number of anilines is 1. The Kier molecular flexibility index (Phi) is 8.63. The topological polar surface area (TPSA) is 40.1 Å². The fourth-order valence-electron chi connectivity index (χ4n) is 4.45. The normalized spacial score (nSPS) is 19.0. The molecule has 0 aromatic heterocycles. The van der Waals surface area contributed by atoms with Crippen LogP contribution in [0.5, 0.6) is 5.75 Å². The number of rotatable bonds is 5. The quantitative estimate of drug-likeness (QED) is 0.350. The molecule has 6 heteroatoms. The van der Waals surface area contributed by atoms with Crippen LogP contribution in [0.1, 0.15) is 18.4 Å². The van der Waals surface area contributed by atoms with Crippen LogP contribution in [-0.4, -0.2) is 57.7 Å². The number of ether oxygens (including phenoxy) is 1. The molecular formula is C25H33IN4O. The monoisotopic (exact) mass is 532 g/mol. The standard InChI is InChI=1S/C25H32N4O.HI/c1-26-25(28-16-13-22(14-17-28)21-8-4-3-5-9-21)27-18-20-12-15-29(19-20)23-10-6-7-11-24(23)30-2;/h3-11,13,20H,12,14-19H2,1-2H3,(H,26,27);1H. The lowest BCUT2D eigenvalue weighted by Gasteiger charge is -2.30. The van der Waals surface area contributed by atoms with Crippen molar-refractivity contribution >= 4 is 41.2 Å². The molecule has 1 unspecified atom stereocenters. The number of para-hydroxylation sites is 2. The van der Waals surface area contributed by atoms with Gasteiger partial charge in [0, 0.05) is 39.8 Å². The number of hydrogen-bond donors (Lipinski definition) is 1. The largest absolute Gasteiger partial charge is 0.495 e. The van der Waals surface area contributed by atoms with E-state index in [0.717, 1.165) is 50.9 Å². The van der Waals surface area contributed by atoms with Gasteiger partial charge in [-0.25, -0.2) is 0 Å². The SMILES string of the molecule is CN=C(NCC1CCN(c2ccccc2OC)C1)N1CC=C(c2ccccc2)CC1.I. The summed E-state index contributed by atoms with van der Waals surface area (Å²) in [6.07, 6.45) is 4.57. The lowest BCUT2D eigenvalue weighted by Crippen LogP contribution is -2.45. The molecule has 1 atom stereocenters. The number of hydrogen-bond acceptors (Lipinski definition) is 3. The summed E-state index contributed by atoms with van der Waals surface area (Å²) in [5.41, 5.74) is 3.97. The fraction of sp³-hybridized carbons (Fsp3) is 0.400. The molecule has 0 bridgehead atoms. The highest BCUT2D eigenvalue weighted by Gasteiger charge is 2.25. The van der Waals surface area contributed by atoms with Crippen LogP contribution < -0.4 is 15.0 Å². The minimum Gasteiger partial charge on any atom is -0.495 e. The Bertz CT molecular complexity index is 899. The van der Waals surface area contributed by atoms with Gasteiger partial charge in [0.25, 0.3) is 0 Å². The van der Waals surface area contributed by atoms with Crippen molar-refractivity contribution in [1.82, 2.24) is 10.2 Å². The highest BCUT2D eigenvalue weighted by atomic mass is 127. The highest BCUT2D eigenvalue weighted by molar-refractivity contribution is 14.0. The molecule has 2 aromatic rings. The van der Waals surface area contributed by atoms with Crippen LogP contribution in [0.2, 0.25) is 0 Å². The first-order valence-electron chi connectivity index (χ1n) is 10.9. The predicted octanol–water partition coefficient (Wildman–Crippen LogP) is 4.50. The number of aliphatic imine (C=N–C) groups is 1. The second-order valence-electron chi connectivity index (χ2n) is 7.99. The van der Waals surface area contributed by atoms with Crippen molar-refractivity contribution in [1.29, 1.82) is 0 Å². The molecule has 2 heterocycles. The van der Waals surface area contributed by atoms with Gasteiger partial charge >= 0.3 is 0 Å². The van der Waals surface area contributed by atoms with Crippen molar-refractivity contribution in [2.45, 2.75) is 12.8 Å². The van der Waals surface area contributed by atoms with E-state index in [1.54, 1.807) is 7.11 Å². The lowest BCUT2D eigenvalue weighted by atomic mass is 10.00. The summed E-state index contributed by atoms with van der Waals surface area (Å²) >= 11 is 0. The number of benzene rings is 2. The Hall–Kier alpha value is -2.22. The molecular weight excluding hydrogens is 499 g/mol. The van der Waals surface area contributed by atoms with Gasteiger partial charge in [0.05, 0.1) is 12.8 Å². The van der Waals surface area contributed by atoms with Crippen molar-refractivity contribution < 1.29 is 4.74 Å². The molecule has 1 saturated heterocycles. The van der Waals surface area contributed by atoms with Gasteiger partial charge in [-0.3, -0.25) is 4.99 Å². The Labute approximate surface area is 203 Å². The molecule has 0 amide bonds. The van der Waals surface area contributed by atoms with Crippen molar-refractivity contribution in [3.63, 3.8) is 0 Å². The fourth-order valence-corrected chi connectivity index (χ4v) is 4.45. The lowest BCUT2D eigenvalue weighted by molar-refractivity contribution is 0.414. The minimum atomic E-state index is 0. The van der Waals surface area contributed by atoms with Gasteiger partial charge < -0.3 is 19.9 Å². The minimum absolute atomic E-state index is 0. The average molecular weight is 532 g/mol. The second kappa shape index (κ2) is 11.4. The molecule has 2 aliphatic rings. The zero-order valence-corrected chi connectivity index (χ0v) is 20.8. The first-order valence-corrected chi connectivity index (χ1v) is 10.9. The Morgan fingerprint density at radius 1 is 1.10 bits per heavy atom. The summed E-state index contributed by atoms with van der Waals surface area (Å²) in [5, 5.41) is 3.63. The van der Waals surface area contributed by atoms with Crippen LogP contribution in [0.25, 0.3) is 5.57 Å². The maximum Gasteiger partial charge on any atom is 0.193 e. The summed E-state index contributed by atoms with van der Waals surface area (Å²) < 4.78 is 5.54. The van der Waals surface area contributed by atoms with Gasteiger partial charge in [0.1, 0.15) is 5.75 Å². The Balaban J connectivity index is 0.00000272. The predicted molar refractivity (Wildman–Crippen MR) is 141 cm³/mol. The molecule has 166 valence electrons. The van der Waals surface area contributed by atoms with E-state index < -0.39 is 0 Å². The van der Waals surface area contributed by atoms with E-state index in [2.05, 4.69) is 68.6 Å². The van der Waals surface area contributed by atoms with E-state index in [1.165, 1.54) is 23.2 Å². The zero-order valence-electron chi connectivity index (χ0n) is 18.5. The van der Waals surface area contributed by atoms with E-state index in [9.17, 15) is 0 Å². The van der Waals surface area contributed by atoms with Gasteiger partial charge in [-0.1, -0.05) is 48.5 Å². The van der Waals surface area contributed by atoms with E-state index in [0.29, 0.717) is 5.92 Å². The van der Waals surface area contributed by atoms with Crippen LogP contribution in [0, 0.1) is 5.92 Å². The number of methoxy groups -OCH3 is 1. The van der Waals surface area contributed by atoms with Gasteiger partial charge in [-0.15, -0.1) is 24.0 Å². The number of halogens is 1. The Morgan fingerprint density at radius 3 is 2.58 bits per heavy atom. The van der Waals surface area contributed by atoms with E-state index >= 15 is 0 Å². The van der Waals surface area contributed by atoms with Gasteiger partial charge in [-0.05, 0) is 42.0 Å². The average Bonchev–Trinajstić information content (AvgIpc) is 3.29. The summed E-state index contributed by atoms with van der Waals surface area (Å²) in [6, 6.07) is 19.0. The number of nitrogens with zero attached hydrogens (tertiary/aromatic N) is 3. The van der Waals surface area contributed by atoms with Gasteiger partial charge in [0.2, 0.25) is 0 Å². The summed E-state index contributed by atoms with van der Waals surface area (Å²) in [5.74, 6) is 2.57. The van der Waals surface area contributed by atoms with Crippen LogP contribution in [0.15, 0.2) is 65.7 Å². The maximum atomic E-state index is 5.54. The third-order valence-corrected chi connectivity index (χ3v) is 6.13. The first-order chi connectivity index (χ1) is 14.8. The summed E-state index contributed by atoms with van der Waals surface area (Å²) in [7, 11) is 3.63. The Morgan fingerprint density at radius 2 is 1.87 bits per heavy atom. The maximum absolute atomic E-state index is 5.54. The van der Waals surface area contributed by atoms with Crippen LogP contribution in [0.3, 0.4) is 0 Å². The highest BCUT2D eigenvalue weighted by Crippen LogP contribution is 2.31. The first kappa shape index (κ1) is 23.4. The van der Waals surface area contributed by atoms with Gasteiger partial charge in [-0.2, -0.15) is 0 Å². The summed E-state index contributed by atoms with van der Waals surface area (Å²) in [4.78, 5) is 9.32. The van der Waals surface area contributed by atoms with Crippen LogP contribution in [-0.2, 0) is 0 Å². The molecule has 2 aromatic carbocycles. The molecule has 0 spiro atoms. The molecule has 0 saturated carbocycles. The molecule has 1 fully saturated rings. The molecule has 1 N–H and O–H groups in total. The van der Waals surface area contributed by atoms with Crippen LogP contribution in [0.4, 0.5) is 5.69 Å². The molecule has 0 aliphatic carbocycles. The number of guanidine groups is 1. The number of nitrogens with one attached hydrogen (secondary N) is 1. The molecule has 5 nitrogen and oxygen atoms in total. The van der Waals surface area contributed by atoms with Gasteiger partial charge in [0.15, 0.2) is 5.96 Å². The third kappa shape index (κ3) is 5.73. The smallest absolute Gasteiger partial charge is 0.193 e. The van der Waals surface area contributed by atoms with Crippen molar-refractivity contribution in [2.75, 3.05) is 51.8 Å². The molecule has 4 rings (SSSR count). The summed E-state index contributed by atoms with van der Waals surface area (Å²) in [6.45, 7) is 4.96. The zero-order chi connectivity index (χ0) is 20.8. The van der Waals surface area contributed by atoms with Crippen molar-refractivity contribution in [3.05, 3.63) is 66.2 Å². The van der Waals surface area contributed by atoms with Crippen molar-refractivity contribution in [3.8, 4) is 5.75 Å². The molecule has 0 radical (unpaired) electrons. The van der Waals surface area contributed by atoms with E-state index in [1.807, 2.05) is 19.2 Å². The van der Waals surface area contributed by atoms with Crippen LogP contribution >= 0.6 is 24.0 Å². The molecule has 2 aliphatic heterocycles.